The summed E-state index contributed by atoms with van der Waals surface area (Å²) < 4.78 is 29.3. The average Bonchev–Trinajstić information content (AvgIpc) is 3.01. The molecule has 0 radical (unpaired) electrons. The van der Waals surface area contributed by atoms with Crippen molar-refractivity contribution in [1.29, 1.82) is 0 Å². The standard InChI is InChI=1S/C21H27NO7/c1-7-26-18(23)15-11-13-14(22(15)5)9-10-16(25-6)17(13)21(4,19(24)27-8-2)20-28-12(3)29-20/h9-12,20H,7-8H2,1-6H3. The van der Waals surface area contributed by atoms with Crippen molar-refractivity contribution in [3.63, 3.8) is 0 Å². The van der Waals surface area contributed by atoms with Crippen molar-refractivity contribution < 1.29 is 33.3 Å². The van der Waals surface area contributed by atoms with Gasteiger partial charge in [0.1, 0.15) is 16.9 Å². The van der Waals surface area contributed by atoms with Crippen LogP contribution in [0.4, 0.5) is 0 Å². The summed E-state index contributed by atoms with van der Waals surface area (Å²) in [7, 11) is 3.29. The Bertz CT molecular complexity index is 929. The maximum atomic E-state index is 13.1. The highest BCUT2D eigenvalue weighted by molar-refractivity contribution is 6.00. The number of fused-ring (bicyclic) bond motifs is 1. The summed E-state index contributed by atoms with van der Waals surface area (Å²) in [5.74, 6) is -0.469. The Labute approximate surface area is 169 Å². The van der Waals surface area contributed by atoms with Crippen molar-refractivity contribution in [2.24, 2.45) is 7.05 Å². The number of nitrogens with zero attached hydrogens (tertiary/aromatic N) is 1. The van der Waals surface area contributed by atoms with Crippen molar-refractivity contribution in [2.75, 3.05) is 20.3 Å². The lowest BCUT2D eigenvalue weighted by atomic mass is 9.78. The number of ether oxygens (including phenoxy) is 5. The number of carbonyl (C=O) groups is 2. The lowest BCUT2D eigenvalue weighted by Gasteiger charge is -2.44. The second kappa shape index (κ2) is 8.04. The van der Waals surface area contributed by atoms with E-state index >= 15 is 0 Å². The lowest BCUT2D eigenvalue weighted by molar-refractivity contribution is -0.392. The summed E-state index contributed by atoms with van der Waals surface area (Å²) in [6.07, 6.45) is -1.27. The molecule has 2 heterocycles. The monoisotopic (exact) mass is 405 g/mol. The van der Waals surface area contributed by atoms with Crippen LogP contribution in [0, 0.1) is 0 Å². The number of hydrogen-bond acceptors (Lipinski definition) is 7. The van der Waals surface area contributed by atoms with Gasteiger partial charge in [-0.05, 0) is 45.9 Å². The van der Waals surface area contributed by atoms with E-state index in [1.165, 1.54) is 7.11 Å². The molecule has 3 rings (SSSR count). The summed E-state index contributed by atoms with van der Waals surface area (Å²) in [5, 5.41) is 0.664. The molecule has 1 saturated heterocycles. The van der Waals surface area contributed by atoms with Crippen LogP contribution in [0.5, 0.6) is 5.75 Å². The topological polar surface area (TPSA) is 85.2 Å². The molecule has 0 N–H and O–H groups in total. The second-order valence-electron chi connectivity index (χ2n) is 6.98. The predicted molar refractivity (Wildman–Crippen MR) is 105 cm³/mol. The van der Waals surface area contributed by atoms with Crippen LogP contribution in [0.25, 0.3) is 10.9 Å². The first-order valence-corrected chi connectivity index (χ1v) is 9.61. The molecule has 0 bridgehead atoms. The highest BCUT2D eigenvalue weighted by Gasteiger charge is 2.54. The molecular weight excluding hydrogens is 378 g/mol. The molecule has 8 heteroatoms. The quantitative estimate of drug-likeness (QED) is 0.655. The minimum Gasteiger partial charge on any atom is -0.496 e. The molecule has 0 aliphatic carbocycles. The van der Waals surface area contributed by atoms with Crippen LogP contribution in [0.2, 0.25) is 0 Å². The molecule has 0 amide bonds. The zero-order chi connectivity index (χ0) is 21.3. The number of benzene rings is 1. The molecule has 1 aromatic carbocycles. The Morgan fingerprint density at radius 1 is 1.17 bits per heavy atom. The normalized spacial score (nSPS) is 20.6. The first kappa shape index (κ1) is 21.1. The van der Waals surface area contributed by atoms with Gasteiger partial charge in [0.15, 0.2) is 12.6 Å². The molecule has 2 aromatic rings. The van der Waals surface area contributed by atoms with Gasteiger partial charge in [0.2, 0.25) is 0 Å². The fourth-order valence-corrected chi connectivity index (χ4v) is 3.72. The lowest BCUT2D eigenvalue weighted by Crippen LogP contribution is -2.56. The predicted octanol–water partition coefficient (Wildman–Crippen LogP) is 2.90. The largest absolute Gasteiger partial charge is 0.496 e. The Morgan fingerprint density at radius 3 is 2.38 bits per heavy atom. The summed E-state index contributed by atoms with van der Waals surface area (Å²) >= 11 is 0. The molecule has 158 valence electrons. The van der Waals surface area contributed by atoms with Crippen LogP contribution >= 0.6 is 0 Å². The third-order valence-electron chi connectivity index (χ3n) is 5.21. The van der Waals surface area contributed by atoms with Gasteiger partial charge in [-0.25, -0.2) is 4.79 Å². The molecule has 1 atom stereocenters. The molecule has 1 aliphatic heterocycles. The van der Waals surface area contributed by atoms with E-state index in [4.69, 9.17) is 23.7 Å². The number of esters is 2. The van der Waals surface area contributed by atoms with Gasteiger partial charge in [0, 0.05) is 23.5 Å². The molecule has 1 aliphatic rings. The first-order chi connectivity index (χ1) is 13.8. The third-order valence-corrected chi connectivity index (χ3v) is 5.21. The van der Waals surface area contributed by atoms with Crippen LogP contribution in [0.3, 0.4) is 0 Å². The van der Waals surface area contributed by atoms with Gasteiger partial charge in [-0.15, -0.1) is 0 Å². The Hall–Kier alpha value is -2.58. The van der Waals surface area contributed by atoms with E-state index in [0.717, 1.165) is 5.52 Å². The van der Waals surface area contributed by atoms with Crippen LogP contribution in [0.15, 0.2) is 18.2 Å². The van der Waals surface area contributed by atoms with Crippen LogP contribution in [0.1, 0.15) is 43.7 Å². The fourth-order valence-electron chi connectivity index (χ4n) is 3.72. The molecule has 8 nitrogen and oxygen atoms in total. The van der Waals surface area contributed by atoms with Crippen molar-refractivity contribution >= 4 is 22.8 Å². The summed E-state index contributed by atoms with van der Waals surface area (Å²) in [6.45, 7) is 7.41. The average molecular weight is 405 g/mol. The van der Waals surface area contributed by atoms with Gasteiger partial charge in [-0.2, -0.15) is 0 Å². The number of aryl methyl sites for hydroxylation is 1. The maximum absolute atomic E-state index is 13.1. The molecular formula is C21H27NO7. The van der Waals surface area contributed by atoms with E-state index in [9.17, 15) is 9.59 Å². The molecule has 29 heavy (non-hydrogen) atoms. The van der Waals surface area contributed by atoms with Crippen LogP contribution in [-0.2, 0) is 36.2 Å². The number of rotatable bonds is 7. The Kier molecular flexibility index (Phi) is 5.86. The highest BCUT2D eigenvalue weighted by atomic mass is 16.9. The second-order valence-corrected chi connectivity index (χ2v) is 6.98. The molecule has 0 saturated carbocycles. The van der Waals surface area contributed by atoms with Gasteiger partial charge < -0.3 is 28.3 Å². The van der Waals surface area contributed by atoms with Gasteiger partial charge in [-0.1, -0.05) is 0 Å². The number of hydrogen-bond donors (Lipinski definition) is 0. The van der Waals surface area contributed by atoms with Gasteiger partial charge in [0.05, 0.1) is 20.3 Å². The minimum absolute atomic E-state index is 0.206. The summed E-state index contributed by atoms with van der Waals surface area (Å²) in [6, 6.07) is 5.29. The van der Waals surface area contributed by atoms with Gasteiger partial charge in [0.25, 0.3) is 0 Å². The molecule has 1 fully saturated rings. The van der Waals surface area contributed by atoms with Crippen molar-refractivity contribution in [2.45, 2.75) is 45.7 Å². The van der Waals surface area contributed by atoms with Crippen LogP contribution < -0.4 is 4.74 Å². The number of aromatic nitrogens is 1. The minimum atomic E-state index is -1.30. The molecule has 1 aromatic heterocycles. The summed E-state index contributed by atoms with van der Waals surface area (Å²) in [5.41, 5.74) is 0.345. The van der Waals surface area contributed by atoms with Crippen molar-refractivity contribution in [3.8, 4) is 5.75 Å². The van der Waals surface area contributed by atoms with E-state index in [2.05, 4.69) is 0 Å². The first-order valence-electron chi connectivity index (χ1n) is 9.61. The third kappa shape index (κ3) is 3.36. The molecule has 1 unspecified atom stereocenters. The summed E-state index contributed by atoms with van der Waals surface area (Å²) in [4.78, 5) is 25.5. The fraction of sp³-hybridized carbons (Fsp3) is 0.524. The van der Waals surface area contributed by atoms with E-state index in [1.54, 1.807) is 51.4 Å². The Morgan fingerprint density at radius 2 is 1.83 bits per heavy atom. The number of carbonyl (C=O) groups excluding carboxylic acids is 2. The van der Waals surface area contributed by atoms with Crippen molar-refractivity contribution in [3.05, 3.63) is 29.5 Å². The van der Waals surface area contributed by atoms with E-state index in [-0.39, 0.29) is 13.2 Å². The van der Waals surface area contributed by atoms with Gasteiger partial charge >= 0.3 is 11.9 Å². The maximum Gasteiger partial charge on any atom is 0.354 e. The van der Waals surface area contributed by atoms with Crippen LogP contribution in [-0.4, -0.2) is 49.4 Å². The Balaban J connectivity index is 2.27. The molecule has 0 spiro atoms. The zero-order valence-corrected chi connectivity index (χ0v) is 17.6. The van der Waals surface area contributed by atoms with Gasteiger partial charge in [-0.3, -0.25) is 4.79 Å². The van der Waals surface area contributed by atoms with E-state index < -0.39 is 29.9 Å². The highest BCUT2D eigenvalue weighted by Crippen LogP contribution is 2.45. The van der Waals surface area contributed by atoms with E-state index in [0.29, 0.717) is 22.4 Å². The van der Waals surface area contributed by atoms with Crippen molar-refractivity contribution in [1.82, 2.24) is 4.57 Å². The SMILES string of the molecule is CCOC(=O)c1cc2c(C(C)(C(=O)OCC)C3OC(C)O3)c(OC)ccc2n1C. The number of methoxy groups -OCH3 is 1. The zero-order valence-electron chi connectivity index (χ0n) is 17.6. The smallest absolute Gasteiger partial charge is 0.354 e. The van der Waals surface area contributed by atoms with E-state index in [1.807, 2.05) is 6.07 Å².